The second-order valence-corrected chi connectivity index (χ2v) is 10.8. The number of hydrogen-bond donors (Lipinski definition) is 1. The Balaban J connectivity index is 1.71. The Bertz CT molecular complexity index is 1190. The van der Waals surface area contributed by atoms with E-state index in [2.05, 4.69) is 5.32 Å². The van der Waals surface area contributed by atoms with E-state index in [0.717, 1.165) is 21.9 Å². The molecule has 0 saturated carbocycles. The molecule has 1 heterocycles. The van der Waals surface area contributed by atoms with E-state index in [1.165, 1.54) is 17.0 Å². The summed E-state index contributed by atoms with van der Waals surface area (Å²) in [7, 11) is -3.92. The molecule has 0 saturated heterocycles. The van der Waals surface area contributed by atoms with Crippen molar-refractivity contribution in [2.24, 2.45) is 0 Å². The van der Waals surface area contributed by atoms with Gasteiger partial charge in [0, 0.05) is 25.6 Å². The van der Waals surface area contributed by atoms with Gasteiger partial charge in [-0.2, -0.15) is 0 Å². The van der Waals surface area contributed by atoms with Crippen molar-refractivity contribution in [2.45, 2.75) is 70.5 Å². The second kappa shape index (κ2) is 11.0. The minimum atomic E-state index is -3.92. The predicted molar refractivity (Wildman–Crippen MR) is 133 cm³/mol. The predicted octanol–water partition coefficient (Wildman–Crippen LogP) is 3.25. The van der Waals surface area contributed by atoms with E-state index < -0.39 is 22.0 Å². The smallest absolute Gasteiger partial charge is 0.269 e. The molecule has 3 rings (SSSR count). The number of nitrogens with zero attached hydrogens (tertiary/aromatic N) is 2. The molecule has 188 valence electrons. The van der Waals surface area contributed by atoms with Crippen molar-refractivity contribution in [3.8, 4) is 0 Å². The van der Waals surface area contributed by atoms with Crippen LogP contribution in [-0.4, -0.2) is 54.0 Å². The van der Waals surface area contributed by atoms with E-state index in [1.54, 1.807) is 19.1 Å². The van der Waals surface area contributed by atoms with E-state index in [0.29, 0.717) is 0 Å². The number of hydrogen-bond acceptors (Lipinski definition) is 5. The van der Waals surface area contributed by atoms with Crippen molar-refractivity contribution < 1.29 is 22.8 Å². The number of carbonyl (C=O) groups is 3. The van der Waals surface area contributed by atoms with E-state index in [4.69, 9.17) is 0 Å². The molecule has 0 bridgehead atoms. The number of nitrogens with one attached hydrogen (secondary N) is 1. The van der Waals surface area contributed by atoms with Crippen LogP contribution in [0.25, 0.3) is 0 Å². The number of aryl methyl sites for hydroxylation is 1. The number of carbonyl (C=O) groups excluding carboxylic acids is 3. The summed E-state index contributed by atoms with van der Waals surface area (Å²) >= 11 is 0. The summed E-state index contributed by atoms with van der Waals surface area (Å²) in [6.07, 6.45) is 0.926. The van der Waals surface area contributed by atoms with Gasteiger partial charge in [0.2, 0.25) is 11.8 Å². The highest BCUT2D eigenvalue weighted by Crippen LogP contribution is 2.30. The van der Waals surface area contributed by atoms with Crippen LogP contribution in [0.4, 0.5) is 0 Å². The first-order valence-electron chi connectivity index (χ1n) is 11.9. The van der Waals surface area contributed by atoms with Crippen molar-refractivity contribution in [2.75, 3.05) is 6.54 Å². The molecule has 0 spiro atoms. The Labute approximate surface area is 207 Å². The van der Waals surface area contributed by atoms with Crippen LogP contribution >= 0.6 is 0 Å². The summed E-state index contributed by atoms with van der Waals surface area (Å²) in [6, 6.07) is 13.1. The van der Waals surface area contributed by atoms with Crippen molar-refractivity contribution in [1.29, 1.82) is 0 Å². The fraction of sp³-hybridized carbons (Fsp3) is 0.423. The maximum absolute atomic E-state index is 13.2. The molecule has 9 heteroatoms. The van der Waals surface area contributed by atoms with Crippen molar-refractivity contribution in [3.63, 3.8) is 0 Å². The lowest BCUT2D eigenvalue weighted by atomic mass is 10.1. The Morgan fingerprint density at radius 2 is 1.71 bits per heavy atom. The average Bonchev–Trinajstić information content (AvgIpc) is 3.03. The van der Waals surface area contributed by atoms with Crippen LogP contribution in [0, 0.1) is 6.92 Å². The van der Waals surface area contributed by atoms with Gasteiger partial charge in [-0.25, -0.2) is 12.7 Å². The van der Waals surface area contributed by atoms with Crippen molar-refractivity contribution >= 4 is 27.7 Å². The summed E-state index contributed by atoms with van der Waals surface area (Å²) in [5, 5.41) is 2.92. The van der Waals surface area contributed by atoms with Crippen LogP contribution in [0.5, 0.6) is 0 Å². The molecular formula is C26H33N3O5S. The SMILES string of the molecule is CC[C@@H](C)NC(=O)[C@H](C)N(Cc1ccc(C)cc1)C(=O)CCCN1C(=O)c2ccccc2S1(=O)=O. The number of amides is 3. The van der Waals surface area contributed by atoms with E-state index in [9.17, 15) is 22.8 Å². The molecule has 35 heavy (non-hydrogen) atoms. The number of fused-ring (bicyclic) bond motifs is 1. The van der Waals surface area contributed by atoms with Gasteiger partial charge in [0.1, 0.15) is 10.9 Å². The summed E-state index contributed by atoms with van der Waals surface area (Å²) in [5.74, 6) is -1.10. The van der Waals surface area contributed by atoms with E-state index in [1.807, 2.05) is 45.0 Å². The van der Waals surface area contributed by atoms with Crippen molar-refractivity contribution in [1.82, 2.24) is 14.5 Å². The highest BCUT2D eigenvalue weighted by atomic mass is 32.2. The maximum Gasteiger partial charge on any atom is 0.269 e. The summed E-state index contributed by atoms with van der Waals surface area (Å²) < 4.78 is 26.3. The van der Waals surface area contributed by atoms with E-state index >= 15 is 0 Å². The zero-order valence-corrected chi connectivity index (χ0v) is 21.5. The molecule has 2 aromatic carbocycles. The molecule has 1 aliphatic rings. The van der Waals surface area contributed by atoms with Crippen LogP contribution in [0.2, 0.25) is 0 Å². The molecule has 2 atom stereocenters. The minimum Gasteiger partial charge on any atom is -0.352 e. The van der Waals surface area contributed by atoms with Gasteiger partial charge in [-0.05, 0) is 51.3 Å². The third-order valence-electron chi connectivity index (χ3n) is 6.31. The molecule has 1 aliphatic heterocycles. The first-order chi connectivity index (χ1) is 16.6. The summed E-state index contributed by atoms with van der Waals surface area (Å²) in [6.45, 7) is 7.68. The topological polar surface area (TPSA) is 104 Å². The third kappa shape index (κ3) is 5.90. The van der Waals surface area contributed by atoms with Gasteiger partial charge in [0.05, 0.1) is 5.56 Å². The van der Waals surface area contributed by atoms with Crippen LogP contribution in [0.15, 0.2) is 53.4 Å². The molecule has 0 fully saturated rings. The molecule has 0 aromatic heterocycles. The third-order valence-corrected chi connectivity index (χ3v) is 8.15. The average molecular weight is 500 g/mol. The standard InChI is InChI=1S/C26H33N3O5S/c1-5-19(3)27-25(31)20(4)28(17-21-14-12-18(2)13-15-21)24(30)11-8-16-29-26(32)22-9-6-7-10-23(22)35(29,33)34/h6-7,9-10,12-15,19-20H,5,8,11,16-17H2,1-4H3,(H,27,31)/t19-,20+/m1/s1. The Hall–Kier alpha value is -3.20. The van der Waals surface area contributed by atoms with Gasteiger partial charge in [-0.3, -0.25) is 14.4 Å². The molecule has 0 aliphatic carbocycles. The van der Waals surface area contributed by atoms with Gasteiger partial charge in [-0.15, -0.1) is 0 Å². The lowest BCUT2D eigenvalue weighted by Crippen LogP contribution is -2.49. The van der Waals surface area contributed by atoms with Crippen molar-refractivity contribution in [3.05, 3.63) is 65.2 Å². The van der Waals surface area contributed by atoms with Crippen LogP contribution < -0.4 is 5.32 Å². The fourth-order valence-corrected chi connectivity index (χ4v) is 5.52. The number of sulfonamides is 1. The molecule has 1 N–H and O–H groups in total. The molecule has 2 aromatic rings. The number of rotatable bonds is 10. The monoisotopic (exact) mass is 499 g/mol. The normalized spacial score (nSPS) is 15.9. The maximum atomic E-state index is 13.2. The van der Waals surface area contributed by atoms with Crippen LogP contribution in [0.3, 0.4) is 0 Å². The highest BCUT2D eigenvalue weighted by Gasteiger charge is 2.40. The zero-order chi connectivity index (χ0) is 25.8. The van der Waals surface area contributed by atoms with Gasteiger partial charge >= 0.3 is 0 Å². The molecular weight excluding hydrogens is 466 g/mol. The van der Waals surface area contributed by atoms with E-state index in [-0.39, 0.29) is 54.2 Å². The van der Waals surface area contributed by atoms with Crippen LogP contribution in [-0.2, 0) is 26.2 Å². The largest absolute Gasteiger partial charge is 0.352 e. The molecule has 8 nitrogen and oxygen atoms in total. The van der Waals surface area contributed by atoms with Gasteiger partial charge in [0.25, 0.3) is 15.9 Å². The first-order valence-corrected chi connectivity index (χ1v) is 13.3. The van der Waals surface area contributed by atoms with Gasteiger partial charge in [0.15, 0.2) is 0 Å². The molecule has 0 radical (unpaired) electrons. The Kier molecular flexibility index (Phi) is 8.32. The minimum absolute atomic E-state index is 0.00244. The summed E-state index contributed by atoms with van der Waals surface area (Å²) in [5.41, 5.74) is 2.13. The highest BCUT2D eigenvalue weighted by molar-refractivity contribution is 7.90. The first kappa shape index (κ1) is 26.4. The second-order valence-electron chi connectivity index (χ2n) is 8.98. The Morgan fingerprint density at radius 3 is 2.34 bits per heavy atom. The summed E-state index contributed by atoms with van der Waals surface area (Å²) in [4.78, 5) is 40.2. The Morgan fingerprint density at radius 1 is 1.06 bits per heavy atom. The zero-order valence-electron chi connectivity index (χ0n) is 20.7. The fourth-order valence-electron chi connectivity index (χ4n) is 3.91. The molecule has 0 unspecified atom stereocenters. The van der Waals surface area contributed by atoms with Gasteiger partial charge in [-0.1, -0.05) is 48.9 Å². The number of benzene rings is 2. The quantitative estimate of drug-likeness (QED) is 0.540. The van der Waals surface area contributed by atoms with Gasteiger partial charge < -0.3 is 10.2 Å². The molecule has 3 amide bonds. The van der Waals surface area contributed by atoms with Crippen LogP contribution in [0.1, 0.15) is 61.5 Å². The lowest BCUT2D eigenvalue weighted by molar-refractivity contribution is -0.141. The lowest BCUT2D eigenvalue weighted by Gasteiger charge is -2.30.